The van der Waals surface area contributed by atoms with Crippen LogP contribution >= 0.6 is 0 Å². The topological polar surface area (TPSA) is 58.6 Å². The van der Waals surface area contributed by atoms with Gasteiger partial charge in [0, 0.05) is 6.54 Å². The zero-order chi connectivity index (χ0) is 13.9. The van der Waals surface area contributed by atoms with Crippen LogP contribution in [0.4, 0.5) is 0 Å². The van der Waals surface area contributed by atoms with E-state index < -0.39 is 12.0 Å². The average Bonchev–Trinajstić information content (AvgIpc) is 2.36. The van der Waals surface area contributed by atoms with E-state index in [4.69, 9.17) is 4.74 Å². The number of carboxylic acids is 1. The molecule has 1 aliphatic heterocycles. The summed E-state index contributed by atoms with van der Waals surface area (Å²) in [6, 6.07) is -0.542. The molecule has 4 aliphatic carbocycles. The van der Waals surface area contributed by atoms with Crippen molar-refractivity contribution in [3.8, 4) is 0 Å². The number of rotatable bonds is 2. The second-order valence-corrected chi connectivity index (χ2v) is 7.83. The highest BCUT2D eigenvalue weighted by atomic mass is 16.5. The molecular weight excluding hydrogens is 254 g/mol. The summed E-state index contributed by atoms with van der Waals surface area (Å²) in [7, 11) is 0. The Kier molecular flexibility index (Phi) is 2.90. The molecule has 20 heavy (non-hydrogen) atoms. The minimum atomic E-state index is -0.790. The largest absolute Gasteiger partial charge is 0.480 e. The van der Waals surface area contributed by atoms with Crippen molar-refractivity contribution in [3.63, 3.8) is 0 Å². The van der Waals surface area contributed by atoms with Gasteiger partial charge in [0.2, 0.25) is 0 Å². The molecule has 0 aromatic rings. The Hall–Kier alpha value is -0.610. The first-order chi connectivity index (χ1) is 9.56. The van der Waals surface area contributed by atoms with Gasteiger partial charge in [-0.3, -0.25) is 10.1 Å². The SMILES string of the molecule is CC1OC(C23CC4CC(CC(C4)C2)C3)CNC1C(=O)O. The Bertz CT molecular complexity index is 387. The molecule has 112 valence electrons. The lowest BCUT2D eigenvalue weighted by molar-refractivity contribution is -0.183. The minimum absolute atomic E-state index is 0.223. The highest BCUT2D eigenvalue weighted by Gasteiger charge is 2.55. The third-order valence-electron chi connectivity index (χ3n) is 6.41. The molecule has 3 unspecified atom stereocenters. The standard InChI is InChI=1S/C16H25NO3/c1-9-14(15(18)19)17-8-13(20-9)16-5-10-2-11(6-16)4-12(3-10)7-16/h9-14,17H,2-8H2,1H3,(H,18,19). The van der Waals surface area contributed by atoms with Gasteiger partial charge in [0.05, 0.1) is 12.2 Å². The molecule has 0 aromatic carbocycles. The maximum absolute atomic E-state index is 11.2. The smallest absolute Gasteiger partial charge is 0.323 e. The zero-order valence-corrected chi connectivity index (χ0v) is 12.2. The van der Waals surface area contributed by atoms with Gasteiger partial charge in [-0.25, -0.2) is 0 Å². The first kappa shape index (κ1) is 13.1. The monoisotopic (exact) mass is 279 g/mol. The van der Waals surface area contributed by atoms with E-state index in [1.807, 2.05) is 6.92 Å². The van der Waals surface area contributed by atoms with E-state index in [2.05, 4.69) is 5.32 Å². The van der Waals surface area contributed by atoms with Gasteiger partial charge < -0.3 is 9.84 Å². The highest BCUT2D eigenvalue weighted by Crippen LogP contribution is 2.62. The van der Waals surface area contributed by atoms with E-state index in [-0.39, 0.29) is 12.2 Å². The third kappa shape index (κ3) is 1.92. The van der Waals surface area contributed by atoms with E-state index in [0.717, 1.165) is 17.8 Å². The number of hydrogen-bond donors (Lipinski definition) is 2. The van der Waals surface area contributed by atoms with Crippen LogP contribution in [0.3, 0.4) is 0 Å². The lowest BCUT2D eigenvalue weighted by Crippen LogP contribution is -2.62. The Morgan fingerprint density at radius 2 is 1.70 bits per heavy atom. The van der Waals surface area contributed by atoms with E-state index in [9.17, 15) is 9.90 Å². The summed E-state index contributed by atoms with van der Waals surface area (Å²) in [6.45, 7) is 2.62. The van der Waals surface area contributed by atoms with Crippen LogP contribution in [0, 0.1) is 23.2 Å². The quantitative estimate of drug-likeness (QED) is 0.812. The minimum Gasteiger partial charge on any atom is -0.480 e. The highest BCUT2D eigenvalue weighted by molar-refractivity contribution is 5.74. The summed E-state index contributed by atoms with van der Waals surface area (Å²) < 4.78 is 6.20. The van der Waals surface area contributed by atoms with Crippen molar-refractivity contribution in [1.29, 1.82) is 0 Å². The summed E-state index contributed by atoms with van der Waals surface area (Å²) in [6.07, 6.45) is 8.26. The summed E-state index contributed by atoms with van der Waals surface area (Å²) >= 11 is 0. The fraction of sp³-hybridized carbons (Fsp3) is 0.938. The number of ether oxygens (including phenoxy) is 1. The van der Waals surface area contributed by atoms with Crippen LogP contribution < -0.4 is 5.32 Å². The molecule has 5 aliphatic rings. The Morgan fingerprint density at radius 1 is 1.15 bits per heavy atom. The molecule has 4 saturated carbocycles. The third-order valence-corrected chi connectivity index (χ3v) is 6.41. The molecule has 2 N–H and O–H groups in total. The molecule has 0 amide bonds. The van der Waals surface area contributed by atoms with Crippen molar-refractivity contribution in [2.24, 2.45) is 23.2 Å². The lowest BCUT2D eigenvalue weighted by atomic mass is 9.48. The number of carbonyl (C=O) groups is 1. The molecule has 1 saturated heterocycles. The van der Waals surface area contributed by atoms with Crippen LogP contribution in [0.2, 0.25) is 0 Å². The van der Waals surface area contributed by atoms with Gasteiger partial charge in [-0.1, -0.05) is 0 Å². The first-order valence-electron chi connectivity index (χ1n) is 8.17. The molecule has 3 atom stereocenters. The van der Waals surface area contributed by atoms with Crippen molar-refractivity contribution >= 4 is 5.97 Å². The zero-order valence-electron chi connectivity index (χ0n) is 12.2. The molecule has 0 spiro atoms. The molecule has 0 aromatic heterocycles. The molecular formula is C16H25NO3. The first-order valence-corrected chi connectivity index (χ1v) is 8.17. The predicted octanol–water partition coefficient (Wildman–Crippen LogP) is 2.03. The predicted molar refractivity (Wildman–Crippen MR) is 74.4 cm³/mol. The molecule has 4 bridgehead atoms. The maximum atomic E-state index is 11.2. The molecule has 4 nitrogen and oxygen atoms in total. The number of nitrogens with one attached hydrogen (secondary N) is 1. The van der Waals surface area contributed by atoms with Gasteiger partial charge in [-0.15, -0.1) is 0 Å². The van der Waals surface area contributed by atoms with Crippen molar-refractivity contribution in [2.75, 3.05) is 6.54 Å². The second-order valence-electron chi connectivity index (χ2n) is 7.83. The van der Waals surface area contributed by atoms with E-state index in [1.165, 1.54) is 38.5 Å². The Labute approximate surface area is 120 Å². The van der Waals surface area contributed by atoms with Crippen LogP contribution in [0.5, 0.6) is 0 Å². The summed E-state index contributed by atoms with van der Waals surface area (Å²) in [4.78, 5) is 11.2. The summed E-state index contributed by atoms with van der Waals surface area (Å²) in [5, 5.41) is 12.4. The van der Waals surface area contributed by atoms with Gasteiger partial charge in [0.25, 0.3) is 0 Å². The molecule has 1 heterocycles. The molecule has 4 heteroatoms. The van der Waals surface area contributed by atoms with E-state index in [1.54, 1.807) is 0 Å². The lowest BCUT2D eigenvalue weighted by Gasteiger charge is -2.60. The maximum Gasteiger partial charge on any atom is 0.323 e. The average molecular weight is 279 g/mol. The van der Waals surface area contributed by atoms with Gasteiger partial charge in [-0.2, -0.15) is 0 Å². The van der Waals surface area contributed by atoms with Crippen LogP contribution in [0.25, 0.3) is 0 Å². The van der Waals surface area contributed by atoms with Crippen LogP contribution in [-0.4, -0.2) is 35.9 Å². The number of aliphatic carboxylic acids is 1. The molecule has 5 fully saturated rings. The number of hydrogen-bond acceptors (Lipinski definition) is 3. The number of carboxylic acid groups (broad SMARTS) is 1. The number of morpholine rings is 1. The van der Waals surface area contributed by atoms with Gasteiger partial charge in [0.1, 0.15) is 6.04 Å². The van der Waals surface area contributed by atoms with Crippen molar-refractivity contribution < 1.29 is 14.6 Å². The van der Waals surface area contributed by atoms with Crippen LogP contribution in [-0.2, 0) is 9.53 Å². The fourth-order valence-electron chi connectivity index (χ4n) is 6.01. The summed E-state index contributed by atoms with van der Waals surface area (Å²) in [5.74, 6) is 1.95. The Morgan fingerprint density at radius 3 is 2.15 bits per heavy atom. The van der Waals surface area contributed by atoms with Crippen molar-refractivity contribution in [3.05, 3.63) is 0 Å². The van der Waals surface area contributed by atoms with E-state index >= 15 is 0 Å². The van der Waals surface area contributed by atoms with Gasteiger partial charge in [0.15, 0.2) is 0 Å². The fourth-order valence-corrected chi connectivity index (χ4v) is 6.01. The second kappa shape index (κ2) is 4.44. The molecule has 0 radical (unpaired) electrons. The normalized spacial score (nSPS) is 54.0. The van der Waals surface area contributed by atoms with Gasteiger partial charge in [-0.05, 0) is 68.6 Å². The van der Waals surface area contributed by atoms with E-state index in [0.29, 0.717) is 12.0 Å². The van der Waals surface area contributed by atoms with Crippen LogP contribution in [0.15, 0.2) is 0 Å². The van der Waals surface area contributed by atoms with Crippen molar-refractivity contribution in [2.45, 2.75) is 63.7 Å². The van der Waals surface area contributed by atoms with Crippen molar-refractivity contribution in [1.82, 2.24) is 5.32 Å². The van der Waals surface area contributed by atoms with Crippen LogP contribution in [0.1, 0.15) is 45.4 Å². The Balaban J connectivity index is 1.52. The summed E-state index contributed by atoms with van der Waals surface area (Å²) in [5.41, 5.74) is 0.347. The molecule has 5 rings (SSSR count). The van der Waals surface area contributed by atoms with Gasteiger partial charge >= 0.3 is 5.97 Å².